The molecular formula is C20H19ClN2O4S. The van der Waals surface area contributed by atoms with Gasteiger partial charge in [0.2, 0.25) is 11.8 Å². The van der Waals surface area contributed by atoms with Gasteiger partial charge in [-0.1, -0.05) is 30.7 Å². The van der Waals surface area contributed by atoms with E-state index in [0.717, 1.165) is 17.0 Å². The van der Waals surface area contributed by atoms with E-state index in [4.69, 9.17) is 16.7 Å². The lowest BCUT2D eigenvalue weighted by atomic mass is 10.2. The summed E-state index contributed by atoms with van der Waals surface area (Å²) < 4.78 is 0. The second-order valence-electron chi connectivity index (χ2n) is 5.70. The zero-order valence-corrected chi connectivity index (χ0v) is 16.6. The SMILES string of the molecule is CCC(Sc1cccc(NC(=O)/C=C/C(=O)O)c1)C(=O)Nc1cccc(Cl)c1. The van der Waals surface area contributed by atoms with Crippen LogP contribution in [0.25, 0.3) is 0 Å². The maximum absolute atomic E-state index is 12.6. The molecule has 0 aliphatic rings. The predicted molar refractivity (Wildman–Crippen MR) is 112 cm³/mol. The van der Waals surface area contributed by atoms with E-state index in [1.165, 1.54) is 11.8 Å². The molecule has 0 fully saturated rings. The summed E-state index contributed by atoms with van der Waals surface area (Å²) in [5, 5.41) is 14.2. The van der Waals surface area contributed by atoms with Gasteiger partial charge in [-0.25, -0.2) is 4.79 Å². The topological polar surface area (TPSA) is 95.5 Å². The lowest BCUT2D eigenvalue weighted by molar-refractivity contribution is -0.131. The van der Waals surface area contributed by atoms with Crippen molar-refractivity contribution < 1.29 is 19.5 Å². The summed E-state index contributed by atoms with van der Waals surface area (Å²) in [6, 6.07) is 13.9. The van der Waals surface area contributed by atoms with Gasteiger partial charge in [-0.3, -0.25) is 9.59 Å². The maximum atomic E-state index is 12.6. The second kappa shape index (κ2) is 10.5. The van der Waals surface area contributed by atoms with Crippen LogP contribution in [-0.4, -0.2) is 28.1 Å². The summed E-state index contributed by atoms with van der Waals surface area (Å²) in [5.41, 5.74) is 1.14. The molecule has 3 N–H and O–H groups in total. The summed E-state index contributed by atoms with van der Waals surface area (Å²) in [4.78, 5) is 35.5. The molecule has 2 aromatic carbocycles. The van der Waals surface area contributed by atoms with Crippen LogP contribution in [0.15, 0.2) is 65.6 Å². The van der Waals surface area contributed by atoms with Gasteiger partial charge in [0.15, 0.2) is 0 Å². The monoisotopic (exact) mass is 418 g/mol. The van der Waals surface area contributed by atoms with E-state index in [-0.39, 0.29) is 11.2 Å². The maximum Gasteiger partial charge on any atom is 0.328 e. The first-order chi connectivity index (χ1) is 13.4. The number of halogens is 1. The molecule has 0 aliphatic heterocycles. The van der Waals surface area contributed by atoms with E-state index < -0.39 is 11.9 Å². The number of carbonyl (C=O) groups is 3. The molecule has 0 bridgehead atoms. The summed E-state index contributed by atoms with van der Waals surface area (Å²) in [6.45, 7) is 1.91. The van der Waals surface area contributed by atoms with Crippen molar-refractivity contribution in [2.75, 3.05) is 10.6 Å². The zero-order valence-electron chi connectivity index (χ0n) is 15.0. The van der Waals surface area contributed by atoms with Crippen LogP contribution in [-0.2, 0) is 14.4 Å². The van der Waals surface area contributed by atoms with Crippen LogP contribution in [0.4, 0.5) is 11.4 Å². The van der Waals surface area contributed by atoms with E-state index in [1.54, 1.807) is 42.5 Å². The van der Waals surface area contributed by atoms with Crippen molar-refractivity contribution in [1.82, 2.24) is 0 Å². The highest BCUT2D eigenvalue weighted by molar-refractivity contribution is 8.00. The minimum absolute atomic E-state index is 0.145. The largest absolute Gasteiger partial charge is 0.478 e. The number of carboxylic acids is 1. The highest BCUT2D eigenvalue weighted by Crippen LogP contribution is 2.28. The Bertz CT molecular complexity index is 901. The molecular weight excluding hydrogens is 400 g/mol. The van der Waals surface area contributed by atoms with Gasteiger partial charge in [-0.15, -0.1) is 11.8 Å². The second-order valence-corrected chi connectivity index (χ2v) is 7.42. The van der Waals surface area contributed by atoms with Crippen molar-refractivity contribution in [3.63, 3.8) is 0 Å². The Labute approximate surface area is 172 Å². The summed E-state index contributed by atoms with van der Waals surface area (Å²) >= 11 is 7.31. The molecule has 0 aliphatic carbocycles. The molecule has 0 saturated heterocycles. The fourth-order valence-corrected chi connectivity index (χ4v) is 3.46. The molecule has 8 heteroatoms. The van der Waals surface area contributed by atoms with E-state index in [9.17, 15) is 14.4 Å². The number of rotatable bonds is 8. The average Bonchev–Trinajstić information content (AvgIpc) is 2.64. The van der Waals surface area contributed by atoms with Crippen LogP contribution in [0.5, 0.6) is 0 Å². The normalized spacial score (nSPS) is 11.8. The fourth-order valence-electron chi connectivity index (χ4n) is 2.25. The molecule has 146 valence electrons. The van der Waals surface area contributed by atoms with Gasteiger partial charge in [0, 0.05) is 33.4 Å². The molecule has 28 heavy (non-hydrogen) atoms. The third kappa shape index (κ3) is 7.09. The van der Waals surface area contributed by atoms with Crippen molar-refractivity contribution in [2.24, 2.45) is 0 Å². The Morgan fingerprint density at radius 3 is 2.39 bits per heavy atom. The first-order valence-electron chi connectivity index (χ1n) is 8.42. The number of carbonyl (C=O) groups excluding carboxylic acids is 2. The molecule has 0 spiro atoms. The van der Waals surface area contributed by atoms with Gasteiger partial charge >= 0.3 is 5.97 Å². The number of anilines is 2. The number of hydrogen-bond acceptors (Lipinski definition) is 4. The van der Waals surface area contributed by atoms with Gasteiger partial charge < -0.3 is 15.7 Å². The fraction of sp³-hybridized carbons (Fsp3) is 0.150. The molecule has 6 nitrogen and oxygen atoms in total. The highest BCUT2D eigenvalue weighted by Gasteiger charge is 2.18. The number of hydrogen-bond donors (Lipinski definition) is 3. The zero-order chi connectivity index (χ0) is 20.5. The van der Waals surface area contributed by atoms with Crippen molar-refractivity contribution in [3.05, 3.63) is 65.7 Å². The predicted octanol–water partition coefficient (Wildman–Crippen LogP) is 4.43. The van der Waals surface area contributed by atoms with Crippen LogP contribution in [0, 0.1) is 0 Å². The number of amides is 2. The van der Waals surface area contributed by atoms with Gasteiger partial charge in [0.1, 0.15) is 0 Å². The van der Waals surface area contributed by atoms with E-state index in [2.05, 4.69) is 10.6 Å². The molecule has 0 heterocycles. The summed E-state index contributed by atoms with van der Waals surface area (Å²) in [5.74, 6) is -1.89. The number of aliphatic carboxylic acids is 1. The Balaban J connectivity index is 2.03. The van der Waals surface area contributed by atoms with Crippen molar-refractivity contribution in [2.45, 2.75) is 23.5 Å². The van der Waals surface area contributed by atoms with Crippen LogP contribution in [0.1, 0.15) is 13.3 Å². The smallest absolute Gasteiger partial charge is 0.328 e. The van der Waals surface area contributed by atoms with E-state index in [1.807, 2.05) is 13.0 Å². The van der Waals surface area contributed by atoms with Gasteiger partial charge in [0.05, 0.1) is 5.25 Å². The molecule has 0 aromatic heterocycles. The number of thioether (sulfide) groups is 1. The Hall–Kier alpha value is -2.77. The lowest BCUT2D eigenvalue weighted by Gasteiger charge is -2.15. The van der Waals surface area contributed by atoms with E-state index >= 15 is 0 Å². The minimum atomic E-state index is -1.20. The number of benzene rings is 2. The molecule has 0 saturated carbocycles. The third-order valence-corrected chi connectivity index (χ3v) is 5.11. The van der Waals surface area contributed by atoms with Crippen LogP contribution >= 0.6 is 23.4 Å². The number of carboxylic acid groups (broad SMARTS) is 1. The van der Waals surface area contributed by atoms with Crippen LogP contribution < -0.4 is 10.6 Å². The standard InChI is InChI=1S/C20H19ClN2O4S/c1-2-17(20(27)23-14-6-3-5-13(21)11-14)28-16-8-4-7-15(12-16)22-18(24)9-10-19(25)26/h3-12,17H,2H2,1H3,(H,22,24)(H,23,27)(H,25,26)/b10-9+. The first kappa shape index (κ1) is 21.5. The highest BCUT2D eigenvalue weighted by atomic mass is 35.5. The van der Waals surface area contributed by atoms with E-state index in [0.29, 0.717) is 22.8 Å². The first-order valence-corrected chi connectivity index (χ1v) is 9.68. The molecule has 1 unspecified atom stereocenters. The Morgan fingerprint density at radius 1 is 1.07 bits per heavy atom. The molecule has 1 atom stereocenters. The van der Waals surface area contributed by atoms with Gasteiger partial charge in [0.25, 0.3) is 0 Å². The van der Waals surface area contributed by atoms with Crippen molar-refractivity contribution in [1.29, 1.82) is 0 Å². The minimum Gasteiger partial charge on any atom is -0.478 e. The molecule has 2 rings (SSSR count). The van der Waals surface area contributed by atoms with Crippen molar-refractivity contribution in [3.8, 4) is 0 Å². The quantitative estimate of drug-likeness (QED) is 0.435. The average molecular weight is 419 g/mol. The summed E-state index contributed by atoms with van der Waals surface area (Å²) in [7, 11) is 0. The number of nitrogens with one attached hydrogen (secondary N) is 2. The Morgan fingerprint density at radius 2 is 1.75 bits per heavy atom. The molecule has 0 radical (unpaired) electrons. The molecule has 2 amide bonds. The van der Waals surface area contributed by atoms with Crippen LogP contribution in [0.2, 0.25) is 5.02 Å². The summed E-state index contributed by atoms with van der Waals surface area (Å²) in [6.07, 6.45) is 2.31. The third-order valence-electron chi connectivity index (χ3n) is 3.51. The van der Waals surface area contributed by atoms with Crippen molar-refractivity contribution >= 4 is 52.5 Å². The molecule has 2 aromatic rings. The van der Waals surface area contributed by atoms with Gasteiger partial charge in [-0.05, 0) is 42.8 Å². The lowest BCUT2D eigenvalue weighted by Crippen LogP contribution is -2.24. The van der Waals surface area contributed by atoms with Crippen LogP contribution in [0.3, 0.4) is 0 Å². The van der Waals surface area contributed by atoms with Gasteiger partial charge in [-0.2, -0.15) is 0 Å². The Kier molecular flexibility index (Phi) is 8.10.